The summed E-state index contributed by atoms with van der Waals surface area (Å²) in [5.74, 6) is 1.38. The Hall–Kier alpha value is -1.06. The standard InChI is InChI=1S/C12H16ClN3/c1-8(2)12-15-11(13)10-9(7-14-3)5-4-6-16(10)12/h4-6,8,14H,7H2,1-3H3. The molecule has 0 fully saturated rings. The third kappa shape index (κ3) is 1.81. The molecule has 16 heavy (non-hydrogen) atoms. The third-order valence-electron chi connectivity index (χ3n) is 2.62. The quantitative estimate of drug-likeness (QED) is 0.890. The molecule has 2 aromatic heterocycles. The third-order valence-corrected chi connectivity index (χ3v) is 2.88. The molecule has 0 saturated heterocycles. The molecule has 0 atom stereocenters. The van der Waals surface area contributed by atoms with Gasteiger partial charge >= 0.3 is 0 Å². The second-order valence-electron chi connectivity index (χ2n) is 4.20. The number of fused-ring (bicyclic) bond motifs is 1. The van der Waals surface area contributed by atoms with Crippen LogP contribution in [0.1, 0.15) is 31.2 Å². The van der Waals surface area contributed by atoms with Crippen molar-refractivity contribution in [3.05, 3.63) is 34.9 Å². The van der Waals surface area contributed by atoms with E-state index in [4.69, 9.17) is 11.6 Å². The predicted octanol–water partition coefficient (Wildman–Crippen LogP) is 2.83. The Morgan fingerprint density at radius 3 is 2.88 bits per heavy atom. The molecule has 0 aliphatic carbocycles. The molecule has 0 radical (unpaired) electrons. The Balaban J connectivity index is 2.69. The monoisotopic (exact) mass is 237 g/mol. The summed E-state index contributed by atoms with van der Waals surface area (Å²) in [5.41, 5.74) is 2.19. The number of aromatic nitrogens is 2. The van der Waals surface area contributed by atoms with Crippen LogP contribution in [-0.2, 0) is 6.54 Å². The van der Waals surface area contributed by atoms with E-state index >= 15 is 0 Å². The van der Waals surface area contributed by atoms with Crippen LogP contribution in [0.5, 0.6) is 0 Å². The molecule has 3 nitrogen and oxygen atoms in total. The molecular weight excluding hydrogens is 222 g/mol. The average Bonchev–Trinajstić information content (AvgIpc) is 2.58. The van der Waals surface area contributed by atoms with E-state index in [9.17, 15) is 0 Å². The summed E-state index contributed by atoms with van der Waals surface area (Å²) in [7, 11) is 1.93. The highest BCUT2D eigenvalue weighted by Crippen LogP contribution is 2.25. The lowest BCUT2D eigenvalue weighted by Gasteiger charge is -2.06. The first-order valence-electron chi connectivity index (χ1n) is 5.45. The van der Waals surface area contributed by atoms with Gasteiger partial charge in [0, 0.05) is 18.7 Å². The summed E-state index contributed by atoms with van der Waals surface area (Å²) in [6.07, 6.45) is 2.02. The summed E-state index contributed by atoms with van der Waals surface area (Å²) < 4.78 is 2.08. The maximum Gasteiger partial charge on any atom is 0.155 e. The minimum absolute atomic E-state index is 0.366. The molecule has 1 N–H and O–H groups in total. The fraction of sp³-hybridized carbons (Fsp3) is 0.417. The van der Waals surface area contributed by atoms with E-state index in [1.165, 1.54) is 5.56 Å². The van der Waals surface area contributed by atoms with Crippen molar-refractivity contribution in [1.29, 1.82) is 0 Å². The second-order valence-corrected chi connectivity index (χ2v) is 4.56. The van der Waals surface area contributed by atoms with Gasteiger partial charge in [-0.05, 0) is 18.7 Å². The minimum Gasteiger partial charge on any atom is -0.316 e. The highest BCUT2D eigenvalue weighted by Gasteiger charge is 2.14. The number of pyridine rings is 1. The lowest BCUT2D eigenvalue weighted by molar-refractivity contribution is 0.766. The molecule has 2 heterocycles. The average molecular weight is 238 g/mol. The first kappa shape index (κ1) is 11.4. The van der Waals surface area contributed by atoms with E-state index < -0.39 is 0 Å². The van der Waals surface area contributed by atoms with Crippen LogP contribution in [0.4, 0.5) is 0 Å². The smallest absolute Gasteiger partial charge is 0.155 e. The fourth-order valence-electron chi connectivity index (χ4n) is 1.92. The molecule has 0 aromatic carbocycles. The van der Waals surface area contributed by atoms with Crippen molar-refractivity contribution in [2.45, 2.75) is 26.3 Å². The number of hydrogen-bond donors (Lipinski definition) is 1. The Kier molecular flexibility index (Phi) is 3.17. The maximum atomic E-state index is 6.20. The van der Waals surface area contributed by atoms with Crippen LogP contribution in [0.2, 0.25) is 5.15 Å². The van der Waals surface area contributed by atoms with Gasteiger partial charge in [0.15, 0.2) is 5.15 Å². The SMILES string of the molecule is CNCc1cccn2c(C(C)C)nc(Cl)c12. The van der Waals surface area contributed by atoms with Gasteiger partial charge in [-0.1, -0.05) is 31.5 Å². The van der Waals surface area contributed by atoms with Crippen molar-refractivity contribution in [2.24, 2.45) is 0 Å². The first-order chi connectivity index (χ1) is 7.65. The maximum absolute atomic E-state index is 6.20. The molecule has 0 unspecified atom stereocenters. The molecule has 86 valence electrons. The minimum atomic E-state index is 0.366. The molecule has 0 bridgehead atoms. The van der Waals surface area contributed by atoms with Crippen molar-refractivity contribution in [3.8, 4) is 0 Å². The Bertz CT molecular complexity index is 502. The molecule has 0 saturated carbocycles. The van der Waals surface area contributed by atoms with Crippen molar-refractivity contribution >= 4 is 17.1 Å². The Morgan fingerprint density at radius 1 is 1.50 bits per heavy atom. The van der Waals surface area contributed by atoms with Crippen molar-refractivity contribution in [2.75, 3.05) is 7.05 Å². The highest BCUT2D eigenvalue weighted by atomic mass is 35.5. The van der Waals surface area contributed by atoms with Gasteiger partial charge in [-0.25, -0.2) is 4.98 Å². The van der Waals surface area contributed by atoms with Crippen molar-refractivity contribution in [1.82, 2.24) is 14.7 Å². The molecular formula is C12H16ClN3. The summed E-state index contributed by atoms with van der Waals surface area (Å²) in [6.45, 7) is 5.04. The second kappa shape index (κ2) is 4.44. The van der Waals surface area contributed by atoms with Gasteiger partial charge in [0.1, 0.15) is 5.82 Å². The van der Waals surface area contributed by atoms with Gasteiger partial charge in [0.05, 0.1) is 5.52 Å². The summed E-state index contributed by atoms with van der Waals surface area (Å²) >= 11 is 6.20. The largest absolute Gasteiger partial charge is 0.316 e. The summed E-state index contributed by atoms with van der Waals surface area (Å²) in [4.78, 5) is 4.43. The van der Waals surface area contributed by atoms with Crippen LogP contribution in [0.3, 0.4) is 0 Å². The fourth-order valence-corrected chi connectivity index (χ4v) is 2.22. The van der Waals surface area contributed by atoms with Gasteiger partial charge in [0.2, 0.25) is 0 Å². The molecule has 0 amide bonds. The zero-order valence-corrected chi connectivity index (χ0v) is 10.5. The van der Waals surface area contributed by atoms with Crippen LogP contribution in [0.25, 0.3) is 5.52 Å². The number of nitrogens with zero attached hydrogens (tertiary/aromatic N) is 2. The molecule has 0 spiro atoms. The van der Waals surface area contributed by atoms with Gasteiger partial charge in [-0.2, -0.15) is 0 Å². The Labute approximate surface area is 100 Å². The van der Waals surface area contributed by atoms with Gasteiger partial charge in [-0.3, -0.25) is 0 Å². The molecule has 2 rings (SSSR count). The van der Waals surface area contributed by atoms with E-state index in [2.05, 4.69) is 34.6 Å². The van der Waals surface area contributed by atoms with Gasteiger partial charge in [-0.15, -0.1) is 0 Å². The van der Waals surface area contributed by atoms with E-state index in [-0.39, 0.29) is 0 Å². The zero-order chi connectivity index (χ0) is 11.7. The van der Waals surface area contributed by atoms with E-state index in [0.717, 1.165) is 17.9 Å². The number of nitrogens with one attached hydrogen (secondary N) is 1. The van der Waals surface area contributed by atoms with E-state index in [0.29, 0.717) is 11.1 Å². The van der Waals surface area contributed by atoms with E-state index in [1.807, 2.05) is 19.3 Å². The molecule has 0 aliphatic rings. The number of hydrogen-bond acceptors (Lipinski definition) is 2. The Morgan fingerprint density at radius 2 is 2.25 bits per heavy atom. The zero-order valence-electron chi connectivity index (χ0n) is 9.79. The number of halogens is 1. The number of imidazole rings is 1. The van der Waals surface area contributed by atoms with Gasteiger partial charge in [0.25, 0.3) is 0 Å². The summed E-state index contributed by atoms with van der Waals surface area (Å²) in [6, 6.07) is 4.10. The van der Waals surface area contributed by atoms with E-state index in [1.54, 1.807) is 0 Å². The molecule has 4 heteroatoms. The normalized spacial score (nSPS) is 11.6. The van der Waals surface area contributed by atoms with Crippen LogP contribution in [0.15, 0.2) is 18.3 Å². The molecule has 2 aromatic rings. The lowest BCUT2D eigenvalue weighted by Crippen LogP contribution is -2.07. The van der Waals surface area contributed by atoms with Crippen molar-refractivity contribution in [3.63, 3.8) is 0 Å². The molecule has 0 aliphatic heterocycles. The summed E-state index contributed by atoms with van der Waals surface area (Å²) in [5, 5.41) is 3.73. The van der Waals surface area contributed by atoms with Crippen LogP contribution in [0, 0.1) is 0 Å². The predicted molar refractivity (Wildman–Crippen MR) is 67.1 cm³/mol. The van der Waals surface area contributed by atoms with Crippen LogP contribution < -0.4 is 5.32 Å². The van der Waals surface area contributed by atoms with Crippen LogP contribution in [-0.4, -0.2) is 16.4 Å². The highest BCUT2D eigenvalue weighted by molar-refractivity contribution is 6.32. The first-order valence-corrected chi connectivity index (χ1v) is 5.83. The topological polar surface area (TPSA) is 29.3 Å². The number of rotatable bonds is 3. The lowest BCUT2D eigenvalue weighted by atomic mass is 10.2. The van der Waals surface area contributed by atoms with Crippen molar-refractivity contribution < 1.29 is 0 Å². The van der Waals surface area contributed by atoms with Crippen LogP contribution >= 0.6 is 11.6 Å². The van der Waals surface area contributed by atoms with Gasteiger partial charge < -0.3 is 9.72 Å².